The standard InChI is InChI=1S/C18H14F2N2O4/c19-18(20)26-14-7-3-12(4-8-14)21-17(25)11-1-5-13(6-2-11)22-15(23)9-10-16(22)24/h1-8,18H,9-10H2,(H,21,25). The Kier molecular flexibility index (Phi) is 4.92. The normalized spacial score (nSPS) is 14.0. The maximum Gasteiger partial charge on any atom is 0.387 e. The number of benzene rings is 2. The molecule has 2 aromatic rings. The number of carbonyl (C=O) groups excluding carboxylic acids is 3. The molecule has 1 aliphatic heterocycles. The van der Waals surface area contributed by atoms with Gasteiger partial charge >= 0.3 is 6.61 Å². The zero-order valence-corrected chi connectivity index (χ0v) is 13.4. The van der Waals surface area contributed by atoms with E-state index in [1.54, 1.807) is 0 Å². The highest BCUT2D eigenvalue weighted by atomic mass is 19.3. The number of rotatable bonds is 5. The molecule has 0 unspecified atom stereocenters. The summed E-state index contributed by atoms with van der Waals surface area (Å²) in [5.41, 5.74) is 1.15. The van der Waals surface area contributed by atoms with Crippen molar-refractivity contribution in [3.63, 3.8) is 0 Å². The minimum Gasteiger partial charge on any atom is -0.435 e. The summed E-state index contributed by atoms with van der Waals surface area (Å²) in [6.45, 7) is -2.91. The predicted octanol–water partition coefficient (Wildman–Crippen LogP) is 3.19. The van der Waals surface area contributed by atoms with Gasteiger partial charge in [0.2, 0.25) is 11.8 Å². The Morgan fingerprint density at radius 1 is 0.962 bits per heavy atom. The van der Waals surface area contributed by atoms with E-state index in [1.807, 2.05) is 0 Å². The molecule has 0 radical (unpaired) electrons. The number of amides is 3. The second kappa shape index (κ2) is 7.30. The van der Waals surface area contributed by atoms with Gasteiger partial charge in [-0.1, -0.05) is 0 Å². The zero-order chi connectivity index (χ0) is 18.7. The Bertz CT molecular complexity index is 819. The molecule has 2 aromatic carbocycles. The molecular weight excluding hydrogens is 346 g/mol. The Morgan fingerprint density at radius 2 is 1.54 bits per heavy atom. The van der Waals surface area contributed by atoms with Crippen LogP contribution in [0.15, 0.2) is 48.5 Å². The third-order valence-electron chi connectivity index (χ3n) is 3.78. The molecule has 0 atom stereocenters. The number of alkyl halides is 2. The van der Waals surface area contributed by atoms with E-state index in [-0.39, 0.29) is 30.4 Å². The number of halogens is 2. The van der Waals surface area contributed by atoms with Crippen molar-refractivity contribution in [3.05, 3.63) is 54.1 Å². The van der Waals surface area contributed by atoms with Crippen LogP contribution in [-0.2, 0) is 9.59 Å². The van der Waals surface area contributed by atoms with Crippen molar-refractivity contribution in [2.75, 3.05) is 10.2 Å². The van der Waals surface area contributed by atoms with Crippen LogP contribution in [0.25, 0.3) is 0 Å². The molecule has 1 heterocycles. The molecule has 1 saturated heterocycles. The third kappa shape index (κ3) is 3.85. The van der Waals surface area contributed by atoms with E-state index >= 15 is 0 Å². The first-order chi connectivity index (χ1) is 12.4. The molecule has 0 saturated carbocycles. The Balaban J connectivity index is 1.66. The van der Waals surface area contributed by atoms with Crippen molar-refractivity contribution < 1.29 is 27.9 Å². The van der Waals surface area contributed by atoms with E-state index in [0.29, 0.717) is 16.9 Å². The molecule has 1 N–H and O–H groups in total. The Hall–Kier alpha value is -3.29. The molecule has 0 bridgehead atoms. The quantitative estimate of drug-likeness (QED) is 0.831. The van der Waals surface area contributed by atoms with Crippen LogP contribution < -0.4 is 15.0 Å². The summed E-state index contributed by atoms with van der Waals surface area (Å²) in [7, 11) is 0. The largest absolute Gasteiger partial charge is 0.435 e. The summed E-state index contributed by atoms with van der Waals surface area (Å²) in [4.78, 5) is 36.7. The maximum absolute atomic E-state index is 12.2. The van der Waals surface area contributed by atoms with Gasteiger partial charge in [0.25, 0.3) is 5.91 Å². The lowest BCUT2D eigenvalue weighted by atomic mass is 10.1. The van der Waals surface area contributed by atoms with Crippen LogP contribution in [-0.4, -0.2) is 24.3 Å². The maximum atomic E-state index is 12.2. The Morgan fingerprint density at radius 3 is 2.08 bits per heavy atom. The van der Waals surface area contributed by atoms with Gasteiger partial charge in [-0.25, -0.2) is 0 Å². The summed E-state index contributed by atoms with van der Waals surface area (Å²) >= 11 is 0. The topological polar surface area (TPSA) is 75.7 Å². The van der Waals surface area contributed by atoms with E-state index in [4.69, 9.17) is 0 Å². The van der Waals surface area contributed by atoms with Crippen LogP contribution in [0, 0.1) is 0 Å². The zero-order valence-electron chi connectivity index (χ0n) is 13.4. The molecule has 1 fully saturated rings. The highest BCUT2D eigenvalue weighted by Crippen LogP contribution is 2.23. The molecule has 0 aliphatic carbocycles. The lowest BCUT2D eigenvalue weighted by molar-refractivity contribution is -0.121. The van der Waals surface area contributed by atoms with E-state index in [2.05, 4.69) is 10.1 Å². The van der Waals surface area contributed by atoms with Gasteiger partial charge in [-0.3, -0.25) is 19.3 Å². The van der Waals surface area contributed by atoms with Crippen LogP contribution in [0.2, 0.25) is 0 Å². The molecule has 0 spiro atoms. The fraction of sp³-hybridized carbons (Fsp3) is 0.167. The molecule has 3 amide bonds. The van der Waals surface area contributed by atoms with Crippen LogP contribution >= 0.6 is 0 Å². The van der Waals surface area contributed by atoms with Crippen molar-refractivity contribution in [3.8, 4) is 5.75 Å². The number of nitrogens with zero attached hydrogens (tertiary/aromatic N) is 1. The van der Waals surface area contributed by atoms with Crippen LogP contribution in [0.4, 0.5) is 20.2 Å². The summed E-state index contributed by atoms with van der Waals surface area (Å²) in [6, 6.07) is 11.5. The van der Waals surface area contributed by atoms with Gasteiger partial charge in [0.15, 0.2) is 0 Å². The second-order valence-corrected chi connectivity index (χ2v) is 5.53. The van der Waals surface area contributed by atoms with Gasteiger partial charge < -0.3 is 10.1 Å². The lowest BCUT2D eigenvalue weighted by Crippen LogP contribution is -2.28. The minimum absolute atomic E-state index is 0.0118. The lowest BCUT2D eigenvalue weighted by Gasteiger charge is -2.14. The molecule has 1 aliphatic rings. The van der Waals surface area contributed by atoms with Crippen LogP contribution in [0.3, 0.4) is 0 Å². The van der Waals surface area contributed by atoms with Gasteiger partial charge in [0.1, 0.15) is 5.75 Å². The molecule has 3 rings (SSSR count). The summed E-state index contributed by atoms with van der Waals surface area (Å²) in [6.07, 6.45) is 0.374. The van der Waals surface area contributed by atoms with Gasteiger partial charge in [-0.05, 0) is 48.5 Å². The highest BCUT2D eigenvalue weighted by Gasteiger charge is 2.30. The van der Waals surface area contributed by atoms with E-state index < -0.39 is 12.5 Å². The van der Waals surface area contributed by atoms with E-state index in [0.717, 1.165) is 4.90 Å². The average molecular weight is 360 g/mol. The third-order valence-corrected chi connectivity index (χ3v) is 3.78. The number of anilines is 2. The van der Waals surface area contributed by atoms with Crippen molar-refractivity contribution in [2.24, 2.45) is 0 Å². The SMILES string of the molecule is O=C(Nc1ccc(OC(F)F)cc1)c1ccc(N2C(=O)CCC2=O)cc1. The fourth-order valence-corrected chi connectivity index (χ4v) is 2.55. The second-order valence-electron chi connectivity index (χ2n) is 5.53. The van der Waals surface area contributed by atoms with E-state index in [1.165, 1.54) is 48.5 Å². The van der Waals surface area contributed by atoms with Crippen molar-refractivity contribution in [2.45, 2.75) is 19.5 Å². The summed E-state index contributed by atoms with van der Waals surface area (Å²) in [5, 5.41) is 2.62. The highest BCUT2D eigenvalue weighted by molar-refractivity contribution is 6.20. The first-order valence-electron chi connectivity index (χ1n) is 7.76. The smallest absolute Gasteiger partial charge is 0.387 e. The number of imide groups is 1. The number of nitrogens with one attached hydrogen (secondary N) is 1. The van der Waals surface area contributed by atoms with Gasteiger partial charge in [0, 0.05) is 24.1 Å². The molecule has 134 valence electrons. The molecule has 8 heteroatoms. The number of hydrogen-bond acceptors (Lipinski definition) is 4. The number of ether oxygens (including phenoxy) is 1. The summed E-state index contributed by atoms with van der Waals surface area (Å²) < 4.78 is 28.4. The van der Waals surface area contributed by atoms with Crippen molar-refractivity contribution in [1.82, 2.24) is 0 Å². The van der Waals surface area contributed by atoms with Gasteiger partial charge in [-0.2, -0.15) is 8.78 Å². The molecular formula is C18H14F2N2O4. The van der Waals surface area contributed by atoms with Crippen molar-refractivity contribution >= 4 is 29.1 Å². The van der Waals surface area contributed by atoms with Crippen LogP contribution in [0.1, 0.15) is 23.2 Å². The minimum atomic E-state index is -2.91. The molecule has 0 aromatic heterocycles. The molecule has 6 nitrogen and oxygen atoms in total. The number of hydrogen-bond donors (Lipinski definition) is 1. The van der Waals surface area contributed by atoms with Gasteiger partial charge in [0.05, 0.1) is 5.69 Å². The monoisotopic (exact) mass is 360 g/mol. The predicted molar refractivity (Wildman–Crippen MR) is 89.2 cm³/mol. The van der Waals surface area contributed by atoms with Gasteiger partial charge in [-0.15, -0.1) is 0 Å². The first kappa shape index (κ1) is 17.5. The van der Waals surface area contributed by atoms with Crippen LogP contribution in [0.5, 0.6) is 5.75 Å². The fourth-order valence-electron chi connectivity index (χ4n) is 2.55. The number of carbonyl (C=O) groups is 3. The first-order valence-corrected chi connectivity index (χ1v) is 7.76. The average Bonchev–Trinajstić information content (AvgIpc) is 2.95. The van der Waals surface area contributed by atoms with Crippen molar-refractivity contribution in [1.29, 1.82) is 0 Å². The Labute approximate surface area is 147 Å². The van der Waals surface area contributed by atoms with E-state index in [9.17, 15) is 23.2 Å². The molecule has 26 heavy (non-hydrogen) atoms. The summed E-state index contributed by atoms with van der Waals surface area (Å²) in [5.74, 6) is -0.961.